The number of ether oxygens (including phenoxy) is 1. The van der Waals surface area contributed by atoms with Gasteiger partial charge >= 0.3 is 6.09 Å². The van der Waals surface area contributed by atoms with Gasteiger partial charge in [-0.1, -0.05) is 12.0 Å². The number of nitrogens with two attached hydrogens (primary N) is 1. The molecule has 1 aromatic rings. The van der Waals surface area contributed by atoms with Crippen LogP contribution in [0.25, 0.3) is 0 Å². The highest BCUT2D eigenvalue weighted by Gasteiger charge is 2.00. The number of rotatable bonds is 1. The topological polar surface area (TPSA) is 64.3 Å². The first kappa shape index (κ1) is 9.10. The third kappa shape index (κ3) is 2.51. The molecule has 0 bridgehead atoms. The molecule has 0 aliphatic carbocycles. The van der Waals surface area contributed by atoms with Gasteiger partial charge in [-0.3, -0.25) is 5.43 Å². The van der Waals surface area contributed by atoms with E-state index in [1.165, 1.54) is 0 Å². The maximum atomic E-state index is 10.7. The minimum Gasteiger partial charge on any atom is -0.409 e. The van der Waals surface area contributed by atoms with Crippen molar-refractivity contribution in [2.75, 3.05) is 0 Å². The van der Waals surface area contributed by atoms with E-state index in [9.17, 15) is 4.79 Å². The van der Waals surface area contributed by atoms with Crippen molar-refractivity contribution in [1.82, 2.24) is 5.43 Å². The van der Waals surface area contributed by atoms with Crippen LogP contribution in [0.4, 0.5) is 4.79 Å². The maximum Gasteiger partial charge on any atom is 0.426 e. The van der Waals surface area contributed by atoms with Gasteiger partial charge in [0.15, 0.2) is 0 Å². The Labute approximate surface area is 75.7 Å². The summed E-state index contributed by atoms with van der Waals surface area (Å²) < 4.78 is 4.74. The number of amides is 1. The summed E-state index contributed by atoms with van der Waals surface area (Å²) >= 11 is 0. The Morgan fingerprint density at radius 3 is 3.00 bits per heavy atom. The Bertz CT molecular complexity index is 355. The summed E-state index contributed by atoms with van der Waals surface area (Å²) in [6.45, 7) is 0. The van der Waals surface area contributed by atoms with Crippen LogP contribution in [0.3, 0.4) is 0 Å². The van der Waals surface area contributed by atoms with Crippen molar-refractivity contribution in [2.45, 2.75) is 0 Å². The molecule has 0 aliphatic rings. The van der Waals surface area contributed by atoms with Crippen molar-refractivity contribution < 1.29 is 9.53 Å². The van der Waals surface area contributed by atoms with Crippen molar-refractivity contribution in [3.8, 4) is 18.1 Å². The summed E-state index contributed by atoms with van der Waals surface area (Å²) in [5.74, 6) is 7.60. The highest BCUT2D eigenvalue weighted by molar-refractivity contribution is 5.69. The first-order chi connectivity index (χ1) is 6.26. The van der Waals surface area contributed by atoms with Crippen LogP contribution in [-0.4, -0.2) is 6.09 Å². The molecular weight excluding hydrogens is 168 g/mol. The molecule has 4 nitrogen and oxygen atoms in total. The Kier molecular flexibility index (Phi) is 2.90. The zero-order valence-corrected chi connectivity index (χ0v) is 6.78. The van der Waals surface area contributed by atoms with Crippen LogP contribution in [0.15, 0.2) is 24.3 Å². The van der Waals surface area contributed by atoms with E-state index in [-0.39, 0.29) is 0 Å². The van der Waals surface area contributed by atoms with Crippen molar-refractivity contribution >= 4 is 6.09 Å². The molecule has 0 heterocycles. The van der Waals surface area contributed by atoms with Crippen LogP contribution >= 0.6 is 0 Å². The normalized spacial score (nSPS) is 8.62. The van der Waals surface area contributed by atoms with Crippen LogP contribution in [0.2, 0.25) is 0 Å². The van der Waals surface area contributed by atoms with E-state index in [0.717, 1.165) is 0 Å². The Morgan fingerprint density at radius 2 is 2.38 bits per heavy atom. The van der Waals surface area contributed by atoms with E-state index in [0.29, 0.717) is 11.3 Å². The zero-order chi connectivity index (χ0) is 9.68. The van der Waals surface area contributed by atoms with E-state index in [4.69, 9.17) is 17.0 Å². The standard InChI is InChI=1S/C9H8N2O2/c1-2-7-4-3-5-8(6-7)13-9(12)11-10/h1,3-6H,10H2,(H,11,12). The summed E-state index contributed by atoms with van der Waals surface area (Å²) in [7, 11) is 0. The molecule has 0 saturated heterocycles. The second-order valence-corrected chi connectivity index (χ2v) is 2.21. The lowest BCUT2D eigenvalue weighted by atomic mass is 10.2. The minimum atomic E-state index is -0.728. The lowest BCUT2D eigenvalue weighted by molar-refractivity contribution is 0.200. The number of hydrogen-bond donors (Lipinski definition) is 2. The fourth-order valence-electron chi connectivity index (χ4n) is 0.786. The number of benzene rings is 1. The number of hydrogen-bond acceptors (Lipinski definition) is 3. The van der Waals surface area contributed by atoms with Gasteiger partial charge in [-0.15, -0.1) is 6.42 Å². The number of terminal acetylenes is 1. The first-order valence-electron chi connectivity index (χ1n) is 3.51. The van der Waals surface area contributed by atoms with Crippen LogP contribution in [-0.2, 0) is 0 Å². The van der Waals surface area contributed by atoms with Gasteiger partial charge < -0.3 is 4.74 Å². The number of carbonyl (C=O) groups is 1. The molecule has 1 aromatic carbocycles. The summed E-state index contributed by atoms with van der Waals surface area (Å²) in [4.78, 5) is 10.7. The van der Waals surface area contributed by atoms with Crippen molar-refractivity contribution in [3.63, 3.8) is 0 Å². The number of carbonyl (C=O) groups excluding carboxylic acids is 1. The molecular formula is C9H8N2O2. The lowest BCUT2D eigenvalue weighted by Gasteiger charge is -2.02. The van der Waals surface area contributed by atoms with E-state index < -0.39 is 6.09 Å². The van der Waals surface area contributed by atoms with Crippen LogP contribution in [0.5, 0.6) is 5.75 Å². The Morgan fingerprint density at radius 1 is 1.62 bits per heavy atom. The molecule has 0 aliphatic heterocycles. The van der Waals surface area contributed by atoms with Gasteiger partial charge in [0.05, 0.1) is 0 Å². The van der Waals surface area contributed by atoms with E-state index in [1.54, 1.807) is 24.3 Å². The summed E-state index contributed by atoms with van der Waals surface area (Å²) in [5.41, 5.74) is 2.48. The smallest absolute Gasteiger partial charge is 0.409 e. The molecule has 0 atom stereocenters. The van der Waals surface area contributed by atoms with Gasteiger partial charge in [0.1, 0.15) is 5.75 Å². The largest absolute Gasteiger partial charge is 0.426 e. The average molecular weight is 176 g/mol. The highest BCUT2D eigenvalue weighted by atomic mass is 16.6. The van der Waals surface area contributed by atoms with Gasteiger partial charge in [-0.05, 0) is 18.2 Å². The van der Waals surface area contributed by atoms with Crippen molar-refractivity contribution in [2.24, 2.45) is 5.84 Å². The fourth-order valence-corrected chi connectivity index (χ4v) is 0.786. The number of hydrazine groups is 1. The van der Waals surface area contributed by atoms with Crippen molar-refractivity contribution in [3.05, 3.63) is 29.8 Å². The van der Waals surface area contributed by atoms with Gasteiger partial charge in [-0.25, -0.2) is 10.6 Å². The first-order valence-corrected chi connectivity index (χ1v) is 3.51. The Balaban J connectivity index is 2.79. The fraction of sp³-hybridized carbons (Fsp3) is 0. The van der Waals surface area contributed by atoms with E-state index in [1.807, 2.05) is 5.43 Å². The molecule has 4 heteroatoms. The molecule has 0 unspecified atom stereocenters. The minimum absolute atomic E-state index is 0.360. The van der Waals surface area contributed by atoms with E-state index >= 15 is 0 Å². The molecule has 0 spiro atoms. The third-order valence-electron chi connectivity index (χ3n) is 1.33. The SMILES string of the molecule is C#Cc1cccc(OC(=O)NN)c1. The van der Waals surface area contributed by atoms with Crippen LogP contribution in [0.1, 0.15) is 5.56 Å². The summed E-state index contributed by atoms with van der Waals surface area (Å²) in [6, 6.07) is 6.59. The Hall–Kier alpha value is -1.99. The van der Waals surface area contributed by atoms with Gasteiger partial charge in [-0.2, -0.15) is 0 Å². The molecule has 0 aromatic heterocycles. The predicted octanol–water partition coefficient (Wildman–Crippen LogP) is 0.630. The third-order valence-corrected chi connectivity index (χ3v) is 1.33. The summed E-state index contributed by atoms with van der Waals surface area (Å²) in [6.07, 6.45) is 4.42. The average Bonchev–Trinajstić information content (AvgIpc) is 2.18. The molecule has 0 saturated carbocycles. The second kappa shape index (κ2) is 4.14. The van der Waals surface area contributed by atoms with Gasteiger partial charge in [0.25, 0.3) is 0 Å². The molecule has 1 rings (SSSR count). The predicted molar refractivity (Wildman–Crippen MR) is 47.7 cm³/mol. The van der Waals surface area contributed by atoms with Crippen molar-refractivity contribution in [1.29, 1.82) is 0 Å². The van der Waals surface area contributed by atoms with Crippen LogP contribution < -0.4 is 16.0 Å². The van der Waals surface area contributed by atoms with Gasteiger partial charge in [0, 0.05) is 5.56 Å². The molecule has 3 N–H and O–H groups in total. The van der Waals surface area contributed by atoms with Crippen LogP contribution in [0, 0.1) is 12.3 Å². The molecule has 13 heavy (non-hydrogen) atoms. The maximum absolute atomic E-state index is 10.7. The highest BCUT2D eigenvalue weighted by Crippen LogP contribution is 2.12. The lowest BCUT2D eigenvalue weighted by Crippen LogP contribution is -2.32. The molecule has 1 amide bonds. The summed E-state index contributed by atoms with van der Waals surface area (Å²) in [5, 5.41) is 0. The quantitative estimate of drug-likeness (QED) is 0.285. The molecule has 66 valence electrons. The van der Waals surface area contributed by atoms with Gasteiger partial charge in [0.2, 0.25) is 0 Å². The monoisotopic (exact) mass is 176 g/mol. The van der Waals surface area contributed by atoms with E-state index in [2.05, 4.69) is 5.92 Å². The molecule has 0 radical (unpaired) electrons. The number of nitrogens with one attached hydrogen (secondary N) is 1. The second-order valence-electron chi connectivity index (χ2n) is 2.21. The molecule has 0 fully saturated rings. The zero-order valence-electron chi connectivity index (χ0n) is 6.78.